The van der Waals surface area contributed by atoms with Gasteiger partial charge < -0.3 is 11.1 Å². The Hall–Kier alpha value is -1.00. The molecular formula is C14H20N2OS. The molecule has 0 bridgehead atoms. The molecule has 2 rings (SSSR count). The van der Waals surface area contributed by atoms with Crippen LogP contribution in [0.5, 0.6) is 0 Å². The molecule has 0 heterocycles. The van der Waals surface area contributed by atoms with Crippen LogP contribution in [0.2, 0.25) is 0 Å². The molecule has 2 atom stereocenters. The summed E-state index contributed by atoms with van der Waals surface area (Å²) in [4.78, 5) is 13.1. The number of hydrogen-bond acceptors (Lipinski definition) is 3. The van der Waals surface area contributed by atoms with Crippen molar-refractivity contribution in [2.75, 3.05) is 11.6 Å². The standard InChI is InChI=1S/C14H20N2OS/c1-18-12-6-3-5-11(9-12)16-14(17)8-10-4-2-7-13(10)15/h3,5-6,9-10,13H,2,4,7-8,15H2,1H3,(H,16,17)/t10-,13+/m0/s1. The third-order valence-electron chi connectivity index (χ3n) is 3.52. The molecule has 1 amide bonds. The highest BCUT2D eigenvalue weighted by atomic mass is 32.2. The zero-order chi connectivity index (χ0) is 13.0. The molecule has 0 aromatic heterocycles. The fourth-order valence-electron chi connectivity index (χ4n) is 2.47. The topological polar surface area (TPSA) is 55.1 Å². The van der Waals surface area contributed by atoms with Crippen molar-refractivity contribution in [3.8, 4) is 0 Å². The summed E-state index contributed by atoms with van der Waals surface area (Å²) in [5, 5.41) is 2.96. The number of anilines is 1. The lowest BCUT2D eigenvalue weighted by Crippen LogP contribution is -2.28. The molecule has 0 unspecified atom stereocenters. The van der Waals surface area contributed by atoms with Gasteiger partial charge in [-0.3, -0.25) is 4.79 Å². The lowest BCUT2D eigenvalue weighted by molar-refractivity contribution is -0.117. The molecule has 0 spiro atoms. The van der Waals surface area contributed by atoms with Crippen molar-refractivity contribution in [3.05, 3.63) is 24.3 Å². The second-order valence-corrected chi connectivity index (χ2v) is 5.72. The van der Waals surface area contributed by atoms with Gasteiger partial charge in [0.25, 0.3) is 0 Å². The summed E-state index contributed by atoms with van der Waals surface area (Å²) in [5.41, 5.74) is 6.86. The van der Waals surface area contributed by atoms with Crippen LogP contribution in [0.15, 0.2) is 29.2 Å². The molecule has 98 valence electrons. The smallest absolute Gasteiger partial charge is 0.224 e. The Bertz CT molecular complexity index is 422. The van der Waals surface area contributed by atoms with Crippen LogP contribution < -0.4 is 11.1 Å². The third kappa shape index (κ3) is 3.50. The first-order valence-electron chi connectivity index (χ1n) is 6.38. The van der Waals surface area contributed by atoms with Crippen LogP contribution >= 0.6 is 11.8 Å². The van der Waals surface area contributed by atoms with Gasteiger partial charge in [-0.1, -0.05) is 12.5 Å². The summed E-state index contributed by atoms with van der Waals surface area (Å²) < 4.78 is 0. The van der Waals surface area contributed by atoms with E-state index in [1.54, 1.807) is 11.8 Å². The van der Waals surface area contributed by atoms with E-state index in [-0.39, 0.29) is 11.9 Å². The summed E-state index contributed by atoms with van der Waals surface area (Å²) in [7, 11) is 0. The Balaban J connectivity index is 1.90. The summed E-state index contributed by atoms with van der Waals surface area (Å²) in [5.74, 6) is 0.435. The highest BCUT2D eigenvalue weighted by Crippen LogP contribution is 2.27. The van der Waals surface area contributed by atoms with Crippen LogP contribution in [-0.2, 0) is 4.79 Å². The first-order valence-corrected chi connectivity index (χ1v) is 7.61. The first kappa shape index (κ1) is 13.4. The van der Waals surface area contributed by atoms with Crippen LogP contribution in [0.1, 0.15) is 25.7 Å². The molecule has 1 fully saturated rings. The SMILES string of the molecule is CSc1cccc(NC(=O)C[C@@H]2CCC[C@H]2N)c1. The van der Waals surface area contributed by atoms with Gasteiger partial charge in [0, 0.05) is 23.0 Å². The zero-order valence-corrected chi connectivity index (χ0v) is 11.5. The lowest BCUT2D eigenvalue weighted by Gasteiger charge is -2.14. The van der Waals surface area contributed by atoms with Gasteiger partial charge in [-0.15, -0.1) is 11.8 Å². The van der Waals surface area contributed by atoms with E-state index in [4.69, 9.17) is 5.73 Å². The second-order valence-electron chi connectivity index (χ2n) is 4.84. The number of nitrogens with one attached hydrogen (secondary N) is 1. The van der Waals surface area contributed by atoms with Gasteiger partial charge in [-0.25, -0.2) is 0 Å². The molecule has 1 aliphatic carbocycles. The predicted octanol–water partition coefficient (Wildman–Crippen LogP) is 2.86. The Labute approximate surface area is 113 Å². The van der Waals surface area contributed by atoms with Crippen molar-refractivity contribution in [1.82, 2.24) is 0 Å². The van der Waals surface area contributed by atoms with Gasteiger partial charge in [0.2, 0.25) is 5.91 Å². The number of thioether (sulfide) groups is 1. The van der Waals surface area contributed by atoms with E-state index in [0.29, 0.717) is 12.3 Å². The van der Waals surface area contributed by atoms with E-state index in [2.05, 4.69) is 5.32 Å². The van der Waals surface area contributed by atoms with Crippen molar-refractivity contribution in [1.29, 1.82) is 0 Å². The molecule has 1 aromatic rings. The van der Waals surface area contributed by atoms with E-state index in [1.807, 2.05) is 30.5 Å². The third-order valence-corrected chi connectivity index (χ3v) is 4.24. The van der Waals surface area contributed by atoms with Gasteiger partial charge in [-0.05, 0) is 43.2 Å². The number of carbonyl (C=O) groups excluding carboxylic acids is 1. The Kier molecular flexibility index (Phi) is 4.66. The predicted molar refractivity (Wildman–Crippen MR) is 76.8 cm³/mol. The maximum Gasteiger partial charge on any atom is 0.224 e. The van der Waals surface area contributed by atoms with E-state index >= 15 is 0 Å². The van der Waals surface area contributed by atoms with Gasteiger partial charge in [0.1, 0.15) is 0 Å². The molecule has 3 N–H and O–H groups in total. The van der Waals surface area contributed by atoms with Crippen molar-refractivity contribution >= 4 is 23.4 Å². The average Bonchev–Trinajstić information content (AvgIpc) is 2.75. The second kappa shape index (κ2) is 6.25. The minimum atomic E-state index is 0.0793. The lowest BCUT2D eigenvalue weighted by atomic mass is 10.00. The van der Waals surface area contributed by atoms with Crippen LogP contribution in [0, 0.1) is 5.92 Å². The van der Waals surface area contributed by atoms with Crippen LogP contribution in [-0.4, -0.2) is 18.2 Å². The highest BCUT2D eigenvalue weighted by Gasteiger charge is 2.25. The number of amides is 1. The van der Waals surface area contributed by atoms with E-state index in [1.165, 1.54) is 0 Å². The molecule has 0 radical (unpaired) electrons. The number of benzene rings is 1. The Morgan fingerprint density at radius 3 is 3.00 bits per heavy atom. The van der Waals surface area contributed by atoms with E-state index < -0.39 is 0 Å². The molecule has 4 heteroatoms. The maximum absolute atomic E-state index is 11.9. The Morgan fingerprint density at radius 2 is 2.33 bits per heavy atom. The summed E-state index contributed by atoms with van der Waals surface area (Å²) in [6.45, 7) is 0. The maximum atomic E-state index is 11.9. The zero-order valence-electron chi connectivity index (χ0n) is 10.7. The average molecular weight is 264 g/mol. The van der Waals surface area contributed by atoms with Crippen LogP contribution in [0.4, 0.5) is 5.69 Å². The quantitative estimate of drug-likeness (QED) is 0.822. The number of rotatable bonds is 4. The number of nitrogens with two attached hydrogens (primary N) is 1. The van der Waals surface area contributed by atoms with Crippen molar-refractivity contribution in [2.45, 2.75) is 36.6 Å². The fourth-order valence-corrected chi connectivity index (χ4v) is 2.93. The number of hydrogen-bond donors (Lipinski definition) is 2. The van der Waals surface area contributed by atoms with E-state index in [9.17, 15) is 4.79 Å². The van der Waals surface area contributed by atoms with Gasteiger partial charge in [0.05, 0.1) is 0 Å². The fraction of sp³-hybridized carbons (Fsp3) is 0.500. The molecule has 1 aliphatic rings. The summed E-state index contributed by atoms with van der Waals surface area (Å²) >= 11 is 1.67. The molecule has 3 nitrogen and oxygen atoms in total. The molecule has 0 aliphatic heterocycles. The van der Waals surface area contributed by atoms with Crippen molar-refractivity contribution in [3.63, 3.8) is 0 Å². The molecule has 18 heavy (non-hydrogen) atoms. The summed E-state index contributed by atoms with van der Waals surface area (Å²) in [6, 6.07) is 8.12. The number of carbonyl (C=O) groups is 1. The van der Waals surface area contributed by atoms with Gasteiger partial charge in [-0.2, -0.15) is 0 Å². The molecule has 1 aromatic carbocycles. The normalized spacial score (nSPS) is 23.0. The first-order chi connectivity index (χ1) is 8.69. The summed E-state index contributed by atoms with van der Waals surface area (Å²) in [6.07, 6.45) is 5.86. The van der Waals surface area contributed by atoms with Crippen molar-refractivity contribution in [2.24, 2.45) is 11.7 Å². The largest absolute Gasteiger partial charge is 0.327 e. The van der Waals surface area contributed by atoms with Crippen molar-refractivity contribution < 1.29 is 4.79 Å². The monoisotopic (exact) mass is 264 g/mol. The molecule has 1 saturated carbocycles. The van der Waals surface area contributed by atoms with Gasteiger partial charge >= 0.3 is 0 Å². The minimum Gasteiger partial charge on any atom is -0.327 e. The van der Waals surface area contributed by atoms with Crippen LogP contribution in [0.3, 0.4) is 0 Å². The van der Waals surface area contributed by atoms with Crippen LogP contribution in [0.25, 0.3) is 0 Å². The highest BCUT2D eigenvalue weighted by molar-refractivity contribution is 7.98. The Morgan fingerprint density at radius 1 is 1.50 bits per heavy atom. The van der Waals surface area contributed by atoms with E-state index in [0.717, 1.165) is 29.8 Å². The molecular weight excluding hydrogens is 244 g/mol. The van der Waals surface area contributed by atoms with Gasteiger partial charge in [0.15, 0.2) is 0 Å². The molecule has 0 saturated heterocycles. The minimum absolute atomic E-state index is 0.0793.